The predicted octanol–water partition coefficient (Wildman–Crippen LogP) is 5.64. The van der Waals surface area contributed by atoms with Gasteiger partial charge in [-0.3, -0.25) is 30.6 Å². The molecule has 4 aromatic carbocycles. The number of carbonyl (C=O) groups excluding carboxylic acids is 3. The molecule has 0 radical (unpaired) electrons. The van der Waals surface area contributed by atoms with Crippen LogP contribution in [0, 0.1) is 6.92 Å². The van der Waals surface area contributed by atoms with E-state index in [0.29, 0.717) is 22.6 Å². The van der Waals surface area contributed by atoms with E-state index in [1.54, 1.807) is 42.5 Å². The number of hydrogen-bond acceptors (Lipinski definition) is 5. The fourth-order valence-corrected chi connectivity index (χ4v) is 4.72. The topological polar surface area (TPSA) is 109 Å². The number of ether oxygens (including phenoxy) is 1. The molecule has 39 heavy (non-hydrogen) atoms. The molecule has 0 saturated heterocycles. The zero-order valence-corrected chi connectivity index (χ0v) is 24.5. The summed E-state index contributed by atoms with van der Waals surface area (Å²) in [4.78, 5) is 37.1. The number of rotatable bonds is 6. The van der Waals surface area contributed by atoms with Gasteiger partial charge in [0.2, 0.25) is 0 Å². The molecule has 4 aromatic rings. The number of nitrogens with one attached hydrogen (secondary N) is 4. The van der Waals surface area contributed by atoms with Crippen molar-refractivity contribution in [3.63, 3.8) is 0 Å². The Hall–Kier alpha value is -3.80. The molecule has 0 unspecified atom stereocenters. The lowest BCUT2D eigenvalue weighted by Crippen LogP contribution is -2.49. The van der Waals surface area contributed by atoms with Crippen molar-refractivity contribution in [3.8, 4) is 5.75 Å². The molecule has 0 bridgehead atoms. The Morgan fingerprint density at radius 2 is 1.62 bits per heavy atom. The highest BCUT2D eigenvalue weighted by molar-refractivity contribution is 9.11. The largest absolute Gasteiger partial charge is 0.483 e. The van der Waals surface area contributed by atoms with E-state index in [1.807, 2.05) is 43.3 Å². The molecule has 0 aliphatic rings. The van der Waals surface area contributed by atoms with Crippen LogP contribution in [0.5, 0.6) is 5.75 Å². The van der Waals surface area contributed by atoms with Gasteiger partial charge in [-0.05, 0) is 100 Å². The summed E-state index contributed by atoms with van der Waals surface area (Å²) < 4.78 is 7.32. The van der Waals surface area contributed by atoms with E-state index < -0.39 is 11.8 Å². The van der Waals surface area contributed by atoms with Crippen LogP contribution in [0.25, 0.3) is 10.8 Å². The lowest BCUT2D eigenvalue weighted by atomic mass is 10.1. The van der Waals surface area contributed by atoms with Crippen molar-refractivity contribution in [1.29, 1.82) is 0 Å². The molecule has 0 atom stereocenters. The number of aryl methyl sites for hydroxylation is 1. The first-order valence-electron chi connectivity index (χ1n) is 11.6. The Labute approximate surface area is 246 Å². The van der Waals surface area contributed by atoms with Crippen LogP contribution >= 0.6 is 44.1 Å². The molecule has 0 aliphatic carbocycles. The van der Waals surface area contributed by atoms with E-state index in [-0.39, 0.29) is 17.6 Å². The standard InChI is InChI=1S/C28H22Br2N4O4S/c1-16-3-2-4-19(13-16)26(36)31-21-9-5-17(6-10-21)27(37)33-34-28(39)32-24(35)15-38-23-12-7-18-14-20(29)8-11-22(18)25(23)30/h2-14H,15H2,1H3,(H,31,36)(H,33,37)(H2,32,34,35,39). The van der Waals surface area contributed by atoms with Crippen molar-refractivity contribution in [2.24, 2.45) is 0 Å². The predicted molar refractivity (Wildman–Crippen MR) is 162 cm³/mol. The van der Waals surface area contributed by atoms with Gasteiger partial charge in [-0.25, -0.2) is 0 Å². The highest BCUT2D eigenvalue weighted by atomic mass is 79.9. The summed E-state index contributed by atoms with van der Waals surface area (Å²) in [6, 6.07) is 23.1. The Morgan fingerprint density at radius 1 is 0.846 bits per heavy atom. The molecule has 0 saturated carbocycles. The van der Waals surface area contributed by atoms with E-state index in [4.69, 9.17) is 17.0 Å². The number of thiocarbonyl (C=S) groups is 1. The van der Waals surface area contributed by atoms with E-state index in [1.165, 1.54) is 0 Å². The van der Waals surface area contributed by atoms with Crippen LogP contribution in [0.1, 0.15) is 26.3 Å². The SMILES string of the molecule is Cc1cccc(C(=O)Nc2ccc(C(=O)NNC(=S)NC(=O)COc3ccc4cc(Br)ccc4c3Br)cc2)c1. The third-order valence-electron chi connectivity index (χ3n) is 5.47. The van der Waals surface area contributed by atoms with Crippen LogP contribution in [0.3, 0.4) is 0 Å². The summed E-state index contributed by atoms with van der Waals surface area (Å²) in [7, 11) is 0. The van der Waals surface area contributed by atoms with E-state index in [2.05, 4.69) is 53.3 Å². The zero-order valence-electron chi connectivity index (χ0n) is 20.5. The van der Waals surface area contributed by atoms with E-state index in [0.717, 1.165) is 25.3 Å². The summed E-state index contributed by atoms with van der Waals surface area (Å²) in [6.07, 6.45) is 0. The summed E-state index contributed by atoms with van der Waals surface area (Å²) in [6.45, 7) is 1.62. The van der Waals surface area contributed by atoms with Gasteiger partial charge in [0.25, 0.3) is 17.7 Å². The van der Waals surface area contributed by atoms with Gasteiger partial charge in [0.05, 0.1) is 4.47 Å². The third kappa shape index (κ3) is 7.62. The Kier molecular flexibility index (Phi) is 9.28. The number of anilines is 1. The fraction of sp³-hybridized carbons (Fsp3) is 0.0714. The summed E-state index contributed by atoms with van der Waals surface area (Å²) >= 11 is 12.0. The van der Waals surface area contributed by atoms with Crippen molar-refractivity contribution >= 4 is 83.4 Å². The summed E-state index contributed by atoms with van der Waals surface area (Å²) in [5, 5.41) is 7.09. The van der Waals surface area contributed by atoms with E-state index >= 15 is 0 Å². The first-order chi connectivity index (χ1) is 18.7. The van der Waals surface area contributed by atoms with Crippen LogP contribution in [-0.4, -0.2) is 29.4 Å². The number of fused-ring (bicyclic) bond motifs is 1. The Morgan fingerprint density at radius 3 is 2.36 bits per heavy atom. The lowest BCUT2D eigenvalue weighted by molar-refractivity contribution is -0.121. The maximum atomic E-state index is 12.4. The van der Waals surface area contributed by atoms with Crippen LogP contribution in [-0.2, 0) is 4.79 Å². The molecule has 0 aliphatic heterocycles. The number of amides is 3. The molecule has 11 heteroatoms. The molecule has 8 nitrogen and oxygen atoms in total. The number of carbonyl (C=O) groups is 3. The lowest BCUT2D eigenvalue weighted by Gasteiger charge is -2.13. The molecule has 0 aromatic heterocycles. The highest BCUT2D eigenvalue weighted by Crippen LogP contribution is 2.34. The number of benzene rings is 4. The second-order valence-corrected chi connectivity index (χ2v) is 10.5. The minimum Gasteiger partial charge on any atom is -0.483 e. The van der Waals surface area contributed by atoms with Gasteiger partial charge in [-0.1, -0.05) is 45.8 Å². The van der Waals surface area contributed by atoms with E-state index in [9.17, 15) is 14.4 Å². The summed E-state index contributed by atoms with van der Waals surface area (Å²) in [5.41, 5.74) is 7.29. The van der Waals surface area contributed by atoms with Crippen LogP contribution in [0.4, 0.5) is 5.69 Å². The highest BCUT2D eigenvalue weighted by Gasteiger charge is 2.12. The normalized spacial score (nSPS) is 10.4. The maximum absolute atomic E-state index is 12.4. The van der Waals surface area contributed by atoms with Crippen molar-refractivity contribution in [1.82, 2.24) is 16.2 Å². The van der Waals surface area contributed by atoms with Crippen molar-refractivity contribution in [2.75, 3.05) is 11.9 Å². The van der Waals surface area contributed by atoms with Crippen molar-refractivity contribution in [3.05, 3.63) is 104 Å². The van der Waals surface area contributed by atoms with Gasteiger partial charge in [0.15, 0.2) is 11.7 Å². The molecule has 4 rings (SSSR count). The number of hydrazine groups is 1. The van der Waals surface area contributed by atoms with Crippen LogP contribution in [0.2, 0.25) is 0 Å². The molecular weight excluding hydrogens is 648 g/mol. The first kappa shape index (κ1) is 28.2. The second-order valence-electron chi connectivity index (χ2n) is 8.39. The van der Waals surface area contributed by atoms with Gasteiger partial charge >= 0.3 is 0 Å². The average Bonchev–Trinajstić information content (AvgIpc) is 2.91. The molecule has 0 heterocycles. The quantitative estimate of drug-likeness (QED) is 0.156. The average molecular weight is 670 g/mol. The monoisotopic (exact) mass is 668 g/mol. The molecule has 0 fully saturated rings. The van der Waals surface area contributed by atoms with Crippen LogP contribution in [0.15, 0.2) is 87.8 Å². The minimum absolute atomic E-state index is 0.0959. The van der Waals surface area contributed by atoms with Gasteiger partial charge < -0.3 is 10.1 Å². The number of halogens is 2. The van der Waals surface area contributed by atoms with Gasteiger partial charge in [0, 0.05) is 21.3 Å². The third-order valence-corrected chi connectivity index (χ3v) is 6.98. The Bertz CT molecular complexity index is 1580. The van der Waals surface area contributed by atoms with Gasteiger partial charge in [0.1, 0.15) is 5.75 Å². The zero-order chi connectivity index (χ0) is 27.9. The van der Waals surface area contributed by atoms with Gasteiger partial charge in [-0.15, -0.1) is 0 Å². The molecule has 4 N–H and O–H groups in total. The fourth-order valence-electron chi connectivity index (χ4n) is 3.57. The van der Waals surface area contributed by atoms with Gasteiger partial charge in [-0.2, -0.15) is 0 Å². The smallest absolute Gasteiger partial charge is 0.269 e. The molecule has 3 amide bonds. The second kappa shape index (κ2) is 12.8. The van der Waals surface area contributed by atoms with Crippen LogP contribution < -0.4 is 26.2 Å². The maximum Gasteiger partial charge on any atom is 0.269 e. The molecule has 0 spiro atoms. The molecule has 198 valence electrons. The molecular formula is C28H22Br2N4O4S. The Balaban J connectivity index is 1.23. The van der Waals surface area contributed by atoms with Crippen molar-refractivity contribution < 1.29 is 19.1 Å². The van der Waals surface area contributed by atoms with Crippen molar-refractivity contribution in [2.45, 2.75) is 6.92 Å². The number of hydrogen-bond donors (Lipinski definition) is 4. The summed E-state index contributed by atoms with van der Waals surface area (Å²) in [5.74, 6) is -0.723. The minimum atomic E-state index is -0.502. The first-order valence-corrected chi connectivity index (χ1v) is 13.6.